The van der Waals surface area contributed by atoms with Gasteiger partial charge >= 0.3 is 5.97 Å². The lowest BCUT2D eigenvalue weighted by atomic mass is 9.74. The van der Waals surface area contributed by atoms with Crippen LogP contribution in [0.3, 0.4) is 0 Å². The first-order chi connectivity index (χ1) is 11.0. The quantitative estimate of drug-likeness (QED) is 0.765. The van der Waals surface area contributed by atoms with Crippen LogP contribution in [0.1, 0.15) is 59.3 Å². The highest BCUT2D eigenvalue weighted by Gasteiger charge is 2.33. The van der Waals surface area contributed by atoms with Gasteiger partial charge in [-0.3, -0.25) is 0 Å². The molecule has 0 amide bonds. The minimum absolute atomic E-state index is 0.144. The van der Waals surface area contributed by atoms with Gasteiger partial charge in [0.1, 0.15) is 10.6 Å². The molecule has 3 nitrogen and oxygen atoms in total. The van der Waals surface area contributed by atoms with Crippen molar-refractivity contribution in [2.24, 2.45) is 0 Å². The molecule has 0 aliphatic carbocycles. The van der Waals surface area contributed by atoms with E-state index in [1.54, 1.807) is 6.07 Å². The average Bonchev–Trinajstić information content (AvgIpc) is 3.07. The number of benzene rings is 1. The molecule has 0 aliphatic heterocycles. The number of ether oxygens (including phenoxy) is 1. The van der Waals surface area contributed by atoms with E-state index in [-0.39, 0.29) is 11.4 Å². The van der Waals surface area contributed by atoms with Crippen LogP contribution in [0.4, 0.5) is 0 Å². The summed E-state index contributed by atoms with van der Waals surface area (Å²) in [6, 6.07) is 9.75. The summed E-state index contributed by atoms with van der Waals surface area (Å²) < 4.78 is 4.83. The number of hydrogen-bond acceptors (Lipinski definition) is 4. The van der Waals surface area contributed by atoms with Crippen LogP contribution in [0.5, 0.6) is 5.75 Å². The molecule has 0 fully saturated rings. The van der Waals surface area contributed by atoms with Crippen molar-refractivity contribution in [1.29, 1.82) is 0 Å². The van der Waals surface area contributed by atoms with Gasteiger partial charge in [-0.15, -0.1) is 11.3 Å². The lowest BCUT2D eigenvalue weighted by Crippen LogP contribution is -2.25. The monoisotopic (exact) mass is 332 g/mol. The van der Waals surface area contributed by atoms with E-state index in [0.717, 1.165) is 29.7 Å². The number of rotatable bonds is 6. The number of aromatic hydroxyl groups is 1. The van der Waals surface area contributed by atoms with E-state index in [4.69, 9.17) is 4.74 Å². The molecule has 1 heterocycles. The fourth-order valence-corrected chi connectivity index (χ4v) is 4.40. The standard InChI is InChI=1S/C19H24O3S/c1-5-13-12-14(8-9-15(13)20)19(6-2,7-3)17-11-10-16(23-17)18(21)22-4/h8-12,20H,5-7H2,1-4H3. The Bertz CT molecular complexity index is 684. The van der Waals surface area contributed by atoms with Gasteiger partial charge in [-0.1, -0.05) is 32.9 Å². The van der Waals surface area contributed by atoms with Crippen molar-refractivity contribution in [3.8, 4) is 5.75 Å². The lowest BCUT2D eigenvalue weighted by molar-refractivity contribution is 0.0606. The number of carbonyl (C=O) groups excluding carboxylic acids is 1. The van der Waals surface area contributed by atoms with Crippen LogP contribution in [-0.2, 0) is 16.6 Å². The zero-order valence-electron chi connectivity index (χ0n) is 14.2. The number of thiophene rings is 1. The molecule has 2 rings (SSSR count). The molecule has 0 spiro atoms. The Morgan fingerprint density at radius 2 is 1.87 bits per heavy atom. The minimum Gasteiger partial charge on any atom is -0.508 e. The van der Waals surface area contributed by atoms with E-state index in [0.29, 0.717) is 10.6 Å². The number of carbonyl (C=O) groups is 1. The molecule has 1 aromatic heterocycles. The number of aryl methyl sites for hydroxylation is 1. The number of esters is 1. The Labute approximate surface area is 141 Å². The van der Waals surface area contributed by atoms with Crippen molar-refractivity contribution in [1.82, 2.24) is 0 Å². The van der Waals surface area contributed by atoms with Crippen LogP contribution >= 0.6 is 11.3 Å². The molecule has 0 unspecified atom stereocenters. The third kappa shape index (κ3) is 3.13. The highest BCUT2D eigenvalue weighted by Crippen LogP contribution is 2.43. The van der Waals surface area contributed by atoms with Gasteiger partial charge in [-0.25, -0.2) is 4.79 Å². The summed E-state index contributed by atoms with van der Waals surface area (Å²) in [5.41, 5.74) is 2.00. The fraction of sp³-hybridized carbons (Fsp3) is 0.421. The number of hydrogen-bond donors (Lipinski definition) is 1. The lowest BCUT2D eigenvalue weighted by Gasteiger charge is -2.32. The van der Waals surface area contributed by atoms with Crippen molar-refractivity contribution < 1.29 is 14.6 Å². The van der Waals surface area contributed by atoms with Gasteiger partial charge in [0.25, 0.3) is 0 Å². The van der Waals surface area contributed by atoms with Gasteiger partial charge in [-0.2, -0.15) is 0 Å². The van der Waals surface area contributed by atoms with Crippen LogP contribution in [0.2, 0.25) is 0 Å². The molecule has 23 heavy (non-hydrogen) atoms. The van der Waals surface area contributed by atoms with Crippen molar-refractivity contribution in [3.63, 3.8) is 0 Å². The first-order valence-corrected chi connectivity index (χ1v) is 8.85. The molecular weight excluding hydrogens is 308 g/mol. The highest BCUT2D eigenvalue weighted by atomic mass is 32.1. The van der Waals surface area contributed by atoms with Crippen LogP contribution in [-0.4, -0.2) is 18.2 Å². The summed E-state index contributed by atoms with van der Waals surface area (Å²) in [6.45, 7) is 6.37. The highest BCUT2D eigenvalue weighted by molar-refractivity contribution is 7.14. The fourth-order valence-electron chi connectivity index (χ4n) is 3.12. The summed E-state index contributed by atoms with van der Waals surface area (Å²) >= 11 is 1.50. The molecule has 1 N–H and O–H groups in total. The maximum Gasteiger partial charge on any atom is 0.348 e. The number of phenolic OH excluding ortho intramolecular Hbond substituents is 1. The van der Waals surface area contributed by atoms with Gasteiger partial charge in [-0.05, 0) is 48.6 Å². The molecule has 0 radical (unpaired) electrons. The van der Waals surface area contributed by atoms with Crippen LogP contribution in [0, 0.1) is 0 Å². The molecule has 0 atom stereocenters. The number of phenols is 1. The van der Waals surface area contributed by atoms with E-state index in [9.17, 15) is 9.90 Å². The molecule has 2 aromatic rings. The topological polar surface area (TPSA) is 46.5 Å². The predicted octanol–water partition coefficient (Wildman–Crippen LogP) is 4.91. The Balaban J connectivity index is 2.55. The van der Waals surface area contributed by atoms with E-state index in [1.165, 1.54) is 24.0 Å². The summed E-state index contributed by atoms with van der Waals surface area (Å²) in [7, 11) is 1.40. The van der Waals surface area contributed by atoms with Gasteiger partial charge in [0.15, 0.2) is 0 Å². The molecular formula is C19H24O3S. The van der Waals surface area contributed by atoms with Crippen LogP contribution in [0.15, 0.2) is 30.3 Å². The molecule has 0 saturated heterocycles. The van der Waals surface area contributed by atoms with E-state index >= 15 is 0 Å². The van der Waals surface area contributed by atoms with Gasteiger partial charge in [0, 0.05) is 10.3 Å². The Morgan fingerprint density at radius 1 is 1.17 bits per heavy atom. The van der Waals surface area contributed by atoms with E-state index in [2.05, 4.69) is 19.9 Å². The third-order valence-electron chi connectivity index (χ3n) is 4.68. The zero-order valence-corrected chi connectivity index (χ0v) is 15.0. The van der Waals surface area contributed by atoms with Gasteiger partial charge < -0.3 is 9.84 Å². The predicted molar refractivity (Wildman–Crippen MR) is 94.5 cm³/mol. The Kier molecular flexibility index (Phi) is 5.47. The van der Waals surface area contributed by atoms with Gasteiger partial charge in [0.2, 0.25) is 0 Å². The SMILES string of the molecule is CCc1cc(C(CC)(CC)c2ccc(C(=O)OC)s2)ccc1O. The second-order valence-electron chi connectivity index (χ2n) is 5.64. The summed E-state index contributed by atoms with van der Waals surface area (Å²) in [5.74, 6) is 0.0566. The van der Waals surface area contributed by atoms with Gasteiger partial charge in [0.05, 0.1) is 7.11 Å². The average molecular weight is 332 g/mol. The summed E-state index contributed by atoms with van der Waals surface area (Å²) in [5, 5.41) is 9.97. The van der Waals surface area contributed by atoms with Crippen molar-refractivity contribution >= 4 is 17.3 Å². The maximum atomic E-state index is 11.8. The van der Waals surface area contributed by atoms with Crippen LogP contribution in [0.25, 0.3) is 0 Å². The van der Waals surface area contributed by atoms with Crippen molar-refractivity contribution in [2.75, 3.05) is 7.11 Å². The minimum atomic E-state index is -0.290. The smallest absolute Gasteiger partial charge is 0.348 e. The zero-order chi connectivity index (χ0) is 17.0. The van der Waals surface area contributed by atoms with Crippen LogP contribution < -0.4 is 0 Å². The third-order valence-corrected chi connectivity index (χ3v) is 5.95. The van der Waals surface area contributed by atoms with Crippen molar-refractivity contribution in [2.45, 2.75) is 45.4 Å². The number of methoxy groups -OCH3 is 1. The molecule has 0 aliphatic rings. The Morgan fingerprint density at radius 3 is 2.43 bits per heavy atom. The second kappa shape index (κ2) is 7.18. The summed E-state index contributed by atoms with van der Waals surface area (Å²) in [6.07, 6.45) is 2.65. The second-order valence-corrected chi connectivity index (χ2v) is 6.73. The summed E-state index contributed by atoms with van der Waals surface area (Å²) in [4.78, 5) is 13.6. The maximum absolute atomic E-state index is 11.8. The molecule has 1 aromatic carbocycles. The van der Waals surface area contributed by atoms with E-state index in [1.807, 2.05) is 25.1 Å². The largest absolute Gasteiger partial charge is 0.508 e. The molecule has 124 valence electrons. The molecule has 0 saturated carbocycles. The van der Waals surface area contributed by atoms with E-state index < -0.39 is 0 Å². The Hall–Kier alpha value is -1.81. The molecule has 4 heteroatoms. The first-order valence-electron chi connectivity index (χ1n) is 8.03. The first kappa shape index (κ1) is 17.5. The normalized spacial score (nSPS) is 11.5. The van der Waals surface area contributed by atoms with Crippen molar-refractivity contribution in [3.05, 3.63) is 51.2 Å². The molecule has 0 bridgehead atoms.